The van der Waals surface area contributed by atoms with Crippen molar-refractivity contribution in [1.29, 1.82) is 0 Å². The van der Waals surface area contributed by atoms with Crippen molar-refractivity contribution in [2.24, 2.45) is 0 Å². The molecule has 0 aliphatic heterocycles. The number of alkyl halides is 4. The van der Waals surface area contributed by atoms with Crippen molar-refractivity contribution in [3.05, 3.63) is 24.3 Å². The zero-order chi connectivity index (χ0) is 16.3. The summed E-state index contributed by atoms with van der Waals surface area (Å²) in [5, 5.41) is 0. The summed E-state index contributed by atoms with van der Waals surface area (Å²) in [4.78, 5) is 1.06. The fraction of sp³-hybridized carbons (Fsp3) is 0.500. The lowest BCUT2D eigenvalue weighted by Gasteiger charge is -2.22. The second kappa shape index (κ2) is 6.97. The van der Waals surface area contributed by atoms with Gasteiger partial charge in [-0.1, -0.05) is 15.9 Å². The maximum atomic E-state index is 12.4. The van der Waals surface area contributed by atoms with Gasteiger partial charge in [-0.3, -0.25) is 0 Å². The maximum absolute atomic E-state index is 12.4. The Morgan fingerprint density at radius 1 is 1.29 bits per heavy atom. The van der Waals surface area contributed by atoms with E-state index < -0.39 is 20.2 Å². The molecule has 0 aliphatic carbocycles. The molecule has 0 N–H and O–H groups in total. The largest absolute Gasteiger partial charge is 0.501 e. The maximum Gasteiger partial charge on any atom is 0.501 e. The third kappa shape index (κ3) is 4.58. The van der Waals surface area contributed by atoms with Gasteiger partial charge in [-0.15, -0.1) is 0 Å². The van der Waals surface area contributed by atoms with E-state index in [1.54, 1.807) is 19.1 Å². The first-order valence-electron chi connectivity index (χ1n) is 5.85. The van der Waals surface area contributed by atoms with Crippen LogP contribution in [0.1, 0.15) is 0 Å². The van der Waals surface area contributed by atoms with Crippen LogP contribution in [-0.4, -0.2) is 46.1 Å². The first kappa shape index (κ1) is 18.2. The molecule has 1 aromatic rings. The topological polar surface area (TPSA) is 46.6 Å². The van der Waals surface area contributed by atoms with Gasteiger partial charge < -0.3 is 9.64 Å². The number of rotatable bonds is 6. The highest BCUT2D eigenvalue weighted by molar-refractivity contribution is 9.09. The molecule has 1 aromatic carbocycles. The van der Waals surface area contributed by atoms with Crippen LogP contribution in [0.4, 0.5) is 18.9 Å². The Bertz CT molecular complexity index is 560. The molecule has 1 atom stereocenters. The molecule has 0 heterocycles. The SMILES string of the molecule is COCC(Br)CN(C)c1ccc(S(=O)(=O)C(F)(F)F)cc1. The molecule has 120 valence electrons. The van der Waals surface area contributed by atoms with E-state index in [1.807, 2.05) is 0 Å². The molecular formula is C12H15BrF3NO3S. The van der Waals surface area contributed by atoms with Crippen molar-refractivity contribution in [3.63, 3.8) is 0 Å². The fourth-order valence-corrected chi connectivity index (χ4v) is 3.11. The number of hydrogen-bond donors (Lipinski definition) is 0. The highest BCUT2D eigenvalue weighted by Crippen LogP contribution is 2.31. The molecule has 0 radical (unpaired) electrons. The standard InChI is InChI=1S/C12H15BrF3NO3S/c1-17(7-9(13)8-20-2)10-3-5-11(6-4-10)21(18,19)12(14,15)16/h3-6,9H,7-8H2,1-2H3. The van der Waals surface area contributed by atoms with Crippen molar-refractivity contribution < 1.29 is 26.3 Å². The van der Waals surface area contributed by atoms with E-state index in [4.69, 9.17) is 4.74 Å². The predicted molar refractivity (Wildman–Crippen MR) is 77.5 cm³/mol. The lowest BCUT2D eigenvalue weighted by molar-refractivity contribution is -0.0436. The third-order valence-corrected chi connectivity index (χ3v) is 4.77. The number of benzene rings is 1. The van der Waals surface area contributed by atoms with Crippen LogP contribution >= 0.6 is 15.9 Å². The van der Waals surface area contributed by atoms with Gasteiger partial charge in [-0.2, -0.15) is 13.2 Å². The smallest absolute Gasteiger partial charge is 0.383 e. The molecule has 0 aliphatic rings. The Labute approximate surface area is 129 Å². The quantitative estimate of drug-likeness (QED) is 0.701. The van der Waals surface area contributed by atoms with Gasteiger partial charge in [0.2, 0.25) is 0 Å². The van der Waals surface area contributed by atoms with Gasteiger partial charge in [0.15, 0.2) is 0 Å². The molecule has 0 fully saturated rings. The van der Waals surface area contributed by atoms with E-state index in [0.717, 1.165) is 12.1 Å². The number of hydrogen-bond acceptors (Lipinski definition) is 4. The summed E-state index contributed by atoms with van der Waals surface area (Å²) in [7, 11) is -1.99. The average Bonchev–Trinajstić information content (AvgIpc) is 2.37. The predicted octanol–water partition coefficient (Wildman–Crippen LogP) is 2.83. The molecule has 9 heteroatoms. The van der Waals surface area contributed by atoms with Gasteiger partial charge in [-0.25, -0.2) is 8.42 Å². The summed E-state index contributed by atoms with van der Waals surface area (Å²) in [6.07, 6.45) is 0. The Hall–Kier alpha value is -0.800. The van der Waals surface area contributed by atoms with E-state index in [2.05, 4.69) is 15.9 Å². The second-order valence-corrected chi connectivity index (χ2v) is 7.61. The molecule has 0 spiro atoms. The zero-order valence-corrected chi connectivity index (χ0v) is 13.8. The molecule has 4 nitrogen and oxygen atoms in total. The van der Waals surface area contributed by atoms with Crippen LogP contribution in [0.2, 0.25) is 0 Å². The van der Waals surface area contributed by atoms with Gasteiger partial charge in [-0.05, 0) is 24.3 Å². The molecule has 1 rings (SSSR count). The fourth-order valence-electron chi connectivity index (χ4n) is 1.65. The minimum atomic E-state index is -5.30. The van der Waals surface area contributed by atoms with E-state index in [9.17, 15) is 21.6 Å². The number of sulfone groups is 1. The zero-order valence-electron chi connectivity index (χ0n) is 11.4. The molecule has 21 heavy (non-hydrogen) atoms. The van der Waals surface area contributed by atoms with Crippen molar-refractivity contribution >= 4 is 31.5 Å². The van der Waals surface area contributed by atoms with Gasteiger partial charge in [0, 0.05) is 26.4 Å². The van der Waals surface area contributed by atoms with Crippen LogP contribution < -0.4 is 4.90 Å². The van der Waals surface area contributed by atoms with Crippen molar-refractivity contribution in [1.82, 2.24) is 0 Å². The highest BCUT2D eigenvalue weighted by atomic mass is 79.9. The van der Waals surface area contributed by atoms with Gasteiger partial charge in [0.25, 0.3) is 9.84 Å². The lowest BCUT2D eigenvalue weighted by atomic mass is 10.3. The van der Waals surface area contributed by atoms with E-state index in [-0.39, 0.29) is 4.83 Å². The molecule has 0 saturated heterocycles. The van der Waals surface area contributed by atoms with E-state index >= 15 is 0 Å². The summed E-state index contributed by atoms with van der Waals surface area (Å²) in [6.45, 7) is 1.03. The Morgan fingerprint density at radius 2 is 1.81 bits per heavy atom. The average molecular weight is 390 g/mol. The summed E-state index contributed by atoms with van der Waals surface area (Å²) in [5.74, 6) is 0. The van der Waals surface area contributed by atoms with Gasteiger partial charge >= 0.3 is 5.51 Å². The summed E-state index contributed by atoms with van der Waals surface area (Å²) in [6, 6.07) is 4.58. The number of anilines is 1. The minimum absolute atomic E-state index is 0.0473. The summed E-state index contributed by atoms with van der Waals surface area (Å²) < 4.78 is 64.7. The van der Waals surface area contributed by atoms with Crippen LogP contribution in [0.3, 0.4) is 0 Å². The molecule has 0 amide bonds. The van der Waals surface area contributed by atoms with Gasteiger partial charge in [0.05, 0.1) is 16.3 Å². The first-order valence-corrected chi connectivity index (χ1v) is 8.25. The van der Waals surface area contributed by atoms with E-state index in [1.165, 1.54) is 12.1 Å². The molecule has 0 aromatic heterocycles. The Morgan fingerprint density at radius 3 is 2.24 bits per heavy atom. The van der Waals surface area contributed by atoms with Crippen LogP contribution in [0.15, 0.2) is 29.2 Å². The minimum Gasteiger partial charge on any atom is -0.383 e. The van der Waals surface area contributed by atoms with Crippen LogP contribution in [-0.2, 0) is 14.6 Å². The monoisotopic (exact) mass is 389 g/mol. The Balaban J connectivity index is 2.88. The summed E-state index contributed by atoms with van der Waals surface area (Å²) >= 11 is 3.40. The normalized spacial score (nSPS) is 14.0. The molecular weight excluding hydrogens is 375 g/mol. The van der Waals surface area contributed by atoms with Crippen LogP contribution in [0, 0.1) is 0 Å². The Kier molecular flexibility index (Phi) is 6.06. The van der Waals surface area contributed by atoms with Crippen molar-refractivity contribution in [3.8, 4) is 0 Å². The summed E-state index contributed by atoms with van der Waals surface area (Å²) in [5.41, 5.74) is -4.68. The van der Waals surface area contributed by atoms with E-state index in [0.29, 0.717) is 18.8 Å². The number of methoxy groups -OCH3 is 1. The number of halogens is 4. The first-order chi connectivity index (χ1) is 9.59. The van der Waals surface area contributed by atoms with Crippen molar-refractivity contribution in [2.45, 2.75) is 15.2 Å². The lowest BCUT2D eigenvalue weighted by Crippen LogP contribution is -2.28. The van der Waals surface area contributed by atoms with Crippen molar-refractivity contribution in [2.75, 3.05) is 32.2 Å². The van der Waals surface area contributed by atoms with Crippen LogP contribution in [0.5, 0.6) is 0 Å². The highest BCUT2D eigenvalue weighted by Gasteiger charge is 2.46. The molecule has 1 unspecified atom stereocenters. The van der Waals surface area contributed by atoms with Crippen LogP contribution in [0.25, 0.3) is 0 Å². The number of nitrogens with zero attached hydrogens (tertiary/aromatic N) is 1. The second-order valence-electron chi connectivity index (χ2n) is 4.38. The third-order valence-electron chi connectivity index (χ3n) is 2.71. The number of ether oxygens (including phenoxy) is 1. The molecule has 0 bridgehead atoms. The van der Waals surface area contributed by atoms with Gasteiger partial charge in [0.1, 0.15) is 0 Å². The molecule has 0 saturated carbocycles.